The molecule has 0 aliphatic rings. The highest BCUT2D eigenvalue weighted by atomic mass is 15.1. The Labute approximate surface area is 96.1 Å². The third-order valence-corrected chi connectivity index (χ3v) is 2.73. The first kappa shape index (κ1) is 10.9. The van der Waals surface area contributed by atoms with Gasteiger partial charge in [-0.25, -0.2) is 0 Å². The predicted octanol–water partition coefficient (Wildman–Crippen LogP) is 1.89. The minimum Gasteiger partial charge on any atom is -0.373 e. The fraction of sp³-hybridized carbons (Fsp3) is 0.308. The summed E-state index contributed by atoms with van der Waals surface area (Å²) < 4.78 is 0. The smallest absolute Gasteiger partial charge is 0.0722 e. The lowest BCUT2D eigenvalue weighted by Crippen LogP contribution is -2.27. The molecule has 3 heteroatoms. The monoisotopic (exact) mass is 215 g/mol. The first-order valence-electron chi connectivity index (χ1n) is 5.52. The normalized spacial score (nSPS) is 10.6. The summed E-state index contributed by atoms with van der Waals surface area (Å²) in [5.41, 5.74) is 2.29. The highest BCUT2D eigenvalue weighted by Crippen LogP contribution is 2.23. The van der Waals surface area contributed by atoms with Crippen molar-refractivity contribution in [2.45, 2.75) is 0 Å². The summed E-state index contributed by atoms with van der Waals surface area (Å²) in [6.45, 7) is 1.97. The van der Waals surface area contributed by atoms with Gasteiger partial charge in [0.05, 0.1) is 5.52 Å². The molecule has 16 heavy (non-hydrogen) atoms. The molecule has 2 rings (SSSR count). The Kier molecular flexibility index (Phi) is 3.37. The number of rotatable bonds is 4. The van der Waals surface area contributed by atoms with Gasteiger partial charge in [0, 0.05) is 37.4 Å². The lowest BCUT2D eigenvalue weighted by molar-refractivity contribution is 0.769. The predicted molar refractivity (Wildman–Crippen MR) is 68.9 cm³/mol. The maximum atomic E-state index is 4.36. The fourth-order valence-electron chi connectivity index (χ4n) is 1.82. The van der Waals surface area contributed by atoms with Gasteiger partial charge in [0.25, 0.3) is 0 Å². The molecule has 84 valence electrons. The fourth-order valence-corrected chi connectivity index (χ4v) is 1.82. The minimum absolute atomic E-state index is 0.979. The van der Waals surface area contributed by atoms with Crippen LogP contribution >= 0.6 is 0 Å². The van der Waals surface area contributed by atoms with Crippen LogP contribution in [0.3, 0.4) is 0 Å². The van der Waals surface area contributed by atoms with Crippen molar-refractivity contribution >= 4 is 16.6 Å². The number of likely N-dealkylation sites (N-methyl/N-ethyl adjacent to an activating group) is 2. The molecule has 0 aliphatic heterocycles. The van der Waals surface area contributed by atoms with Crippen molar-refractivity contribution in [1.29, 1.82) is 0 Å². The first-order chi connectivity index (χ1) is 7.83. The van der Waals surface area contributed by atoms with E-state index >= 15 is 0 Å². The summed E-state index contributed by atoms with van der Waals surface area (Å²) in [4.78, 5) is 6.61. The number of nitrogens with zero attached hydrogens (tertiary/aromatic N) is 2. The van der Waals surface area contributed by atoms with Crippen LogP contribution in [0, 0.1) is 0 Å². The molecule has 0 saturated heterocycles. The van der Waals surface area contributed by atoms with Crippen molar-refractivity contribution < 1.29 is 0 Å². The summed E-state index contributed by atoms with van der Waals surface area (Å²) >= 11 is 0. The van der Waals surface area contributed by atoms with Crippen molar-refractivity contribution in [3.05, 3.63) is 36.5 Å². The van der Waals surface area contributed by atoms with Gasteiger partial charge in [0.15, 0.2) is 0 Å². The van der Waals surface area contributed by atoms with Gasteiger partial charge in [-0.05, 0) is 31.3 Å². The highest BCUT2D eigenvalue weighted by molar-refractivity contribution is 5.91. The zero-order valence-electron chi connectivity index (χ0n) is 9.77. The molecule has 0 bridgehead atoms. The van der Waals surface area contributed by atoms with Crippen LogP contribution in [0.2, 0.25) is 0 Å². The van der Waals surface area contributed by atoms with Crippen LogP contribution in [0.1, 0.15) is 0 Å². The molecule has 0 atom stereocenters. The average Bonchev–Trinajstić information content (AvgIpc) is 2.35. The average molecular weight is 215 g/mol. The van der Waals surface area contributed by atoms with Crippen LogP contribution in [-0.2, 0) is 0 Å². The topological polar surface area (TPSA) is 28.2 Å². The molecule has 0 unspecified atom stereocenters. The zero-order chi connectivity index (χ0) is 11.4. The Bertz CT molecular complexity index is 462. The van der Waals surface area contributed by atoms with Crippen LogP contribution in [0.25, 0.3) is 10.9 Å². The Morgan fingerprint density at radius 1 is 1.25 bits per heavy atom. The van der Waals surface area contributed by atoms with Crippen LogP contribution in [0.4, 0.5) is 5.69 Å². The molecule has 1 aromatic carbocycles. The standard InChI is InChI=1S/C13H17N3/c1-14-9-10-16(2)13-7-3-6-12-11(13)5-4-8-15-12/h3-8,14H,9-10H2,1-2H3. The van der Waals surface area contributed by atoms with E-state index in [-0.39, 0.29) is 0 Å². The summed E-state index contributed by atoms with van der Waals surface area (Å²) in [7, 11) is 4.08. The lowest BCUT2D eigenvalue weighted by Gasteiger charge is -2.20. The number of hydrogen-bond donors (Lipinski definition) is 1. The van der Waals surface area contributed by atoms with Gasteiger partial charge in [-0.15, -0.1) is 0 Å². The zero-order valence-corrected chi connectivity index (χ0v) is 9.77. The maximum Gasteiger partial charge on any atom is 0.0722 e. The summed E-state index contributed by atoms with van der Waals surface area (Å²) in [5.74, 6) is 0. The molecular formula is C13H17N3. The second-order valence-electron chi connectivity index (χ2n) is 3.87. The number of pyridine rings is 1. The Morgan fingerprint density at radius 3 is 2.94 bits per heavy atom. The van der Waals surface area contributed by atoms with E-state index in [2.05, 4.69) is 40.4 Å². The summed E-state index contributed by atoms with van der Waals surface area (Å²) in [6, 6.07) is 10.3. The van der Waals surface area contributed by atoms with Crippen LogP contribution < -0.4 is 10.2 Å². The molecule has 0 amide bonds. The van der Waals surface area contributed by atoms with Crippen LogP contribution in [0.5, 0.6) is 0 Å². The maximum absolute atomic E-state index is 4.36. The van der Waals surface area contributed by atoms with E-state index in [1.807, 2.05) is 25.4 Å². The number of nitrogens with one attached hydrogen (secondary N) is 1. The van der Waals surface area contributed by atoms with Gasteiger partial charge in [-0.2, -0.15) is 0 Å². The van der Waals surface area contributed by atoms with Crippen LogP contribution in [0.15, 0.2) is 36.5 Å². The largest absolute Gasteiger partial charge is 0.373 e. The number of aromatic nitrogens is 1. The van der Waals surface area contributed by atoms with E-state index in [4.69, 9.17) is 0 Å². The van der Waals surface area contributed by atoms with Crippen LogP contribution in [-0.4, -0.2) is 32.2 Å². The van der Waals surface area contributed by atoms with Gasteiger partial charge >= 0.3 is 0 Å². The Morgan fingerprint density at radius 2 is 2.12 bits per heavy atom. The van der Waals surface area contributed by atoms with Crippen molar-refractivity contribution in [2.24, 2.45) is 0 Å². The van der Waals surface area contributed by atoms with Crippen molar-refractivity contribution in [3.8, 4) is 0 Å². The molecule has 3 nitrogen and oxygen atoms in total. The molecule has 0 aliphatic carbocycles. The molecular weight excluding hydrogens is 198 g/mol. The number of fused-ring (bicyclic) bond motifs is 1. The third kappa shape index (κ3) is 2.14. The van der Waals surface area contributed by atoms with E-state index in [1.54, 1.807) is 0 Å². The molecule has 0 saturated carbocycles. The van der Waals surface area contributed by atoms with E-state index in [0.717, 1.165) is 18.6 Å². The van der Waals surface area contributed by atoms with E-state index < -0.39 is 0 Å². The van der Waals surface area contributed by atoms with Gasteiger partial charge in [-0.1, -0.05) is 6.07 Å². The van der Waals surface area contributed by atoms with E-state index in [0.29, 0.717) is 0 Å². The molecule has 1 N–H and O–H groups in total. The minimum atomic E-state index is 0.979. The number of anilines is 1. The molecule has 0 fully saturated rings. The SMILES string of the molecule is CNCCN(C)c1cccc2ncccc12. The van der Waals surface area contributed by atoms with Crippen molar-refractivity contribution in [3.63, 3.8) is 0 Å². The lowest BCUT2D eigenvalue weighted by atomic mass is 10.1. The van der Waals surface area contributed by atoms with Crippen molar-refractivity contribution in [2.75, 3.05) is 32.1 Å². The quantitative estimate of drug-likeness (QED) is 0.844. The van der Waals surface area contributed by atoms with Crippen molar-refractivity contribution in [1.82, 2.24) is 10.3 Å². The molecule has 2 aromatic rings. The molecule has 0 radical (unpaired) electrons. The van der Waals surface area contributed by atoms with Gasteiger partial charge in [0.2, 0.25) is 0 Å². The number of hydrogen-bond acceptors (Lipinski definition) is 3. The van der Waals surface area contributed by atoms with Gasteiger partial charge in [-0.3, -0.25) is 4.98 Å². The summed E-state index contributed by atoms with van der Waals surface area (Å²) in [6.07, 6.45) is 1.83. The Hall–Kier alpha value is -1.61. The van der Waals surface area contributed by atoms with E-state index in [1.165, 1.54) is 11.1 Å². The molecule has 1 aromatic heterocycles. The first-order valence-corrected chi connectivity index (χ1v) is 5.52. The second kappa shape index (κ2) is 4.94. The Balaban J connectivity index is 2.36. The highest BCUT2D eigenvalue weighted by Gasteiger charge is 2.04. The van der Waals surface area contributed by atoms with Gasteiger partial charge < -0.3 is 10.2 Å². The number of benzene rings is 1. The second-order valence-corrected chi connectivity index (χ2v) is 3.87. The molecule has 0 spiro atoms. The third-order valence-electron chi connectivity index (χ3n) is 2.73. The molecule has 1 heterocycles. The summed E-state index contributed by atoms with van der Waals surface area (Å²) in [5, 5.41) is 4.37. The van der Waals surface area contributed by atoms with Gasteiger partial charge in [0.1, 0.15) is 0 Å². The van der Waals surface area contributed by atoms with E-state index in [9.17, 15) is 0 Å².